The van der Waals surface area contributed by atoms with Crippen molar-refractivity contribution in [2.24, 2.45) is 17.8 Å². The summed E-state index contributed by atoms with van der Waals surface area (Å²) < 4.78 is 33.5. The van der Waals surface area contributed by atoms with Crippen molar-refractivity contribution in [2.75, 3.05) is 7.11 Å². The molecule has 0 heterocycles. The van der Waals surface area contributed by atoms with Crippen LogP contribution in [0.4, 0.5) is 8.78 Å². The number of benzene rings is 2. The molecular weight excluding hydrogens is 366 g/mol. The van der Waals surface area contributed by atoms with Crippen LogP contribution in [0.5, 0.6) is 5.75 Å². The predicted molar refractivity (Wildman–Crippen MR) is 115 cm³/mol. The predicted octanol–water partition coefficient (Wildman–Crippen LogP) is 8.01. The number of rotatable bonds is 6. The monoisotopic (exact) mass is 400 g/mol. The van der Waals surface area contributed by atoms with Gasteiger partial charge in [0, 0.05) is 5.39 Å². The second-order valence-corrected chi connectivity index (χ2v) is 9.39. The fourth-order valence-electron chi connectivity index (χ4n) is 6.01. The maximum absolute atomic E-state index is 14.5. The van der Waals surface area contributed by atoms with E-state index < -0.39 is 11.6 Å². The summed E-state index contributed by atoms with van der Waals surface area (Å²) in [6.45, 7) is 2.28. The molecule has 0 aliphatic heterocycles. The van der Waals surface area contributed by atoms with Crippen molar-refractivity contribution in [1.29, 1.82) is 0 Å². The van der Waals surface area contributed by atoms with Crippen molar-refractivity contribution < 1.29 is 13.5 Å². The number of unbranched alkanes of at least 4 members (excludes halogenated alkanes) is 2. The minimum absolute atomic E-state index is 0.290. The molecule has 3 heteroatoms. The summed E-state index contributed by atoms with van der Waals surface area (Å²) in [6.07, 6.45) is 13.4. The zero-order valence-corrected chi connectivity index (χ0v) is 17.9. The lowest BCUT2D eigenvalue weighted by atomic mass is 9.63. The molecule has 2 aliphatic carbocycles. The molecule has 2 aliphatic rings. The minimum Gasteiger partial charge on any atom is -0.491 e. The molecule has 2 aromatic carbocycles. The second kappa shape index (κ2) is 9.02. The first-order valence-corrected chi connectivity index (χ1v) is 11.6. The average molecular weight is 401 g/mol. The molecule has 0 N–H and O–H groups in total. The number of fused-ring (bicyclic) bond motifs is 2. The third kappa shape index (κ3) is 4.29. The fraction of sp³-hybridized carbons (Fsp3) is 0.615. The Labute approximate surface area is 173 Å². The molecule has 0 bridgehead atoms. The maximum Gasteiger partial charge on any atom is 0.191 e. The van der Waals surface area contributed by atoms with Gasteiger partial charge in [-0.2, -0.15) is 0 Å². The van der Waals surface area contributed by atoms with Crippen LogP contribution in [0.15, 0.2) is 24.3 Å². The summed E-state index contributed by atoms with van der Waals surface area (Å²) in [5, 5.41) is 1.08. The van der Waals surface area contributed by atoms with Gasteiger partial charge < -0.3 is 4.74 Å². The van der Waals surface area contributed by atoms with Crippen molar-refractivity contribution in [3.8, 4) is 5.75 Å². The van der Waals surface area contributed by atoms with Gasteiger partial charge in [-0.25, -0.2) is 8.78 Å². The molecule has 1 nitrogen and oxygen atoms in total. The Morgan fingerprint density at radius 3 is 2.55 bits per heavy atom. The smallest absolute Gasteiger partial charge is 0.191 e. The van der Waals surface area contributed by atoms with Crippen LogP contribution in [0.3, 0.4) is 0 Å². The highest BCUT2D eigenvalue weighted by Gasteiger charge is 2.35. The Hall–Kier alpha value is -1.64. The highest BCUT2D eigenvalue weighted by molar-refractivity contribution is 5.85. The number of ether oxygens (including phenoxy) is 1. The minimum atomic E-state index is -0.625. The SMILES string of the molecule is CCCCCC1CCC2CC(c3ccc4c(F)c(OC)c(F)cc4c3)CCC2C1. The van der Waals surface area contributed by atoms with E-state index in [4.69, 9.17) is 4.74 Å². The number of hydrogen-bond donors (Lipinski definition) is 0. The molecule has 2 saturated carbocycles. The average Bonchev–Trinajstić information content (AvgIpc) is 2.73. The zero-order valence-electron chi connectivity index (χ0n) is 17.9. The molecule has 0 radical (unpaired) electrons. The van der Waals surface area contributed by atoms with E-state index in [1.165, 1.54) is 82.9 Å². The molecule has 0 amide bonds. The lowest BCUT2D eigenvalue weighted by Crippen LogP contribution is -2.30. The molecule has 29 heavy (non-hydrogen) atoms. The first-order valence-electron chi connectivity index (χ1n) is 11.6. The highest BCUT2D eigenvalue weighted by atomic mass is 19.1. The Morgan fingerprint density at radius 2 is 1.76 bits per heavy atom. The van der Waals surface area contributed by atoms with Crippen LogP contribution in [0.1, 0.15) is 82.6 Å². The molecule has 0 spiro atoms. The Morgan fingerprint density at radius 1 is 0.966 bits per heavy atom. The molecule has 4 unspecified atom stereocenters. The van der Waals surface area contributed by atoms with Crippen LogP contribution in [-0.4, -0.2) is 7.11 Å². The molecule has 4 atom stereocenters. The van der Waals surface area contributed by atoms with E-state index in [2.05, 4.69) is 6.92 Å². The first-order chi connectivity index (χ1) is 14.1. The Bertz CT molecular complexity index is 846. The third-order valence-electron chi connectivity index (χ3n) is 7.62. The summed E-state index contributed by atoms with van der Waals surface area (Å²) >= 11 is 0. The summed E-state index contributed by atoms with van der Waals surface area (Å²) in [6, 6.07) is 7.26. The molecule has 0 aromatic heterocycles. The molecule has 4 rings (SSSR count). The van der Waals surface area contributed by atoms with Crippen LogP contribution in [0.2, 0.25) is 0 Å². The van der Waals surface area contributed by atoms with E-state index in [1.54, 1.807) is 6.07 Å². The lowest BCUT2D eigenvalue weighted by Gasteiger charge is -2.42. The van der Waals surface area contributed by atoms with Gasteiger partial charge in [-0.05, 0) is 72.8 Å². The second-order valence-electron chi connectivity index (χ2n) is 9.39. The third-order valence-corrected chi connectivity index (χ3v) is 7.62. The zero-order chi connectivity index (χ0) is 20.4. The van der Waals surface area contributed by atoms with E-state index in [9.17, 15) is 8.78 Å². The van der Waals surface area contributed by atoms with Crippen LogP contribution < -0.4 is 4.74 Å². The Kier molecular flexibility index (Phi) is 6.41. The number of halogens is 2. The van der Waals surface area contributed by atoms with Gasteiger partial charge >= 0.3 is 0 Å². The van der Waals surface area contributed by atoms with Gasteiger partial charge in [0.15, 0.2) is 17.4 Å². The largest absolute Gasteiger partial charge is 0.491 e. The van der Waals surface area contributed by atoms with Crippen molar-refractivity contribution >= 4 is 10.8 Å². The van der Waals surface area contributed by atoms with E-state index in [-0.39, 0.29) is 5.75 Å². The van der Waals surface area contributed by atoms with E-state index >= 15 is 0 Å². The van der Waals surface area contributed by atoms with E-state index in [0.717, 1.165) is 17.8 Å². The highest BCUT2D eigenvalue weighted by Crippen LogP contribution is 2.48. The van der Waals surface area contributed by atoms with Crippen LogP contribution >= 0.6 is 0 Å². The van der Waals surface area contributed by atoms with Crippen molar-refractivity contribution in [3.05, 3.63) is 41.5 Å². The molecule has 0 saturated heterocycles. The van der Waals surface area contributed by atoms with Crippen molar-refractivity contribution in [2.45, 2.75) is 77.0 Å². The van der Waals surface area contributed by atoms with E-state index in [0.29, 0.717) is 16.7 Å². The van der Waals surface area contributed by atoms with Gasteiger partial charge in [0.2, 0.25) is 0 Å². The van der Waals surface area contributed by atoms with E-state index in [1.807, 2.05) is 12.1 Å². The maximum atomic E-state index is 14.5. The number of hydrogen-bond acceptors (Lipinski definition) is 1. The summed E-state index contributed by atoms with van der Waals surface area (Å²) in [7, 11) is 1.30. The van der Waals surface area contributed by atoms with Gasteiger partial charge in [-0.3, -0.25) is 0 Å². The summed E-state index contributed by atoms with van der Waals surface area (Å²) in [5.74, 6) is 1.68. The van der Waals surface area contributed by atoms with Gasteiger partial charge in [-0.1, -0.05) is 57.2 Å². The van der Waals surface area contributed by atoms with Crippen LogP contribution in [0, 0.1) is 29.4 Å². The molecular formula is C26H34F2O. The molecule has 2 fully saturated rings. The molecule has 158 valence electrons. The summed E-state index contributed by atoms with van der Waals surface area (Å²) in [4.78, 5) is 0. The van der Waals surface area contributed by atoms with Gasteiger partial charge in [0.1, 0.15) is 0 Å². The Balaban J connectivity index is 1.45. The van der Waals surface area contributed by atoms with Crippen LogP contribution in [-0.2, 0) is 0 Å². The number of methoxy groups -OCH3 is 1. The quantitative estimate of drug-likeness (QED) is 0.446. The fourth-order valence-corrected chi connectivity index (χ4v) is 6.01. The summed E-state index contributed by atoms with van der Waals surface area (Å²) in [5.41, 5.74) is 1.24. The lowest BCUT2D eigenvalue weighted by molar-refractivity contribution is 0.113. The van der Waals surface area contributed by atoms with Gasteiger partial charge in [0.25, 0.3) is 0 Å². The van der Waals surface area contributed by atoms with Crippen LogP contribution in [0.25, 0.3) is 10.8 Å². The van der Waals surface area contributed by atoms with Gasteiger partial charge in [0.05, 0.1) is 7.11 Å². The van der Waals surface area contributed by atoms with Crippen molar-refractivity contribution in [3.63, 3.8) is 0 Å². The van der Waals surface area contributed by atoms with Crippen molar-refractivity contribution in [1.82, 2.24) is 0 Å². The van der Waals surface area contributed by atoms with Gasteiger partial charge in [-0.15, -0.1) is 0 Å². The normalized spacial score (nSPS) is 27.0. The molecule has 2 aromatic rings. The first kappa shape index (κ1) is 20.6. The topological polar surface area (TPSA) is 9.23 Å². The standard InChI is InChI=1S/C26H34F2O/c1-3-4-5-6-17-7-8-19-14-20(10-9-18(19)13-17)21-11-12-23-22(15-21)16-24(27)26(29-2)25(23)28/h11-12,15-20H,3-10,13-14H2,1-2H3.